The predicted octanol–water partition coefficient (Wildman–Crippen LogP) is 4.19. The number of likely N-dealkylation sites (tertiary alicyclic amines) is 1. The van der Waals surface area contributed by atoms with Crippen molar-refractivity contribution in [1.29, 1.82) is 0 Å². The molecule has 1 aliphatic heterocycles. The fraction of sp³-hybridized carbons (Fsp3) is 0.500. The van der Waals surface area contributed by atoms with Crippen LogP contribution in [0, 0.1) is 12.8 Å². The zero-order valence-corrected chi connectivity index (χ0v) is 16.5. The number of nitrogens with zero attached hydrogens (tertiary/aromatic N) is 4. The summed E-state index contributed by atoms with van der Waals surface area (Å²) in [5, 5.41) is 15.4. The van der Waals surface area contributed by atoms with E-state index in [-0.39, 0.29) is 11.9 Å². The first-order chi connectivity index (χ1) is 12.6. The molecule has 1 saturated heterocycles. The minimum atomic E-state index is 0.0565. The van der Waals surface area contributed by atoms with Gasteiger partial charge in [0.2, 0.25) is 10.8 Å². The van der Waals surface area contributed by atoms with E-state index in [2.05, 4.69) is 53.1 Å². The van der Waals surface area contributed by atoms with E-state index >= 15 is 0 Å². The van der Waals surface area contributed by atoms with Crippen LogP contribution in [0.3, 0.4) is 0 Å². The second kappa shape index (κ2) is 7.00. The molecule has 1 aromatic carbocycles. The third kappa shape index (κ3) is 3.12. The Bertz CT molecular complexity index is 908. The number of hydrogen-bond donors (Lipinski definition) is 1. The van der Waals surface area contributed by atoms with Crippen molar-refractivity contribution in [1.82, 2.24) is 19.5 Å². The first-order valence-electron chi connectivity index (χ1n) is 9.44. The monoisotopic (exact) mass is 370 g/mol. The van der Waals surface area contributed by atoms with Gasteiger partial charge in [-0.1, -0.05) is 55.0 Å². The molecule has 3 aromatic rings. The summed E-state index contributed by atoms with van der Waals surface area (Å²) in [6, 6.07) is 8.68. The molecule has 0 saturated carbocycles. The number of aromatic hydroxyl groups is 1. The molecule has 26 heavy (non-hydrogen) atoms. The van der Waals surface area contributed by atoms with Crippen LogP contribution in [0.4, 0.5) is 0 Å². The Hall–Kier alpha value is -1.92. The first kappa shape index (κ1) is 17.5. The molecule has 1 aliphatic rings. The molecule has 0 unspecified atom stereocenters. The number of thiazole rings is 1. The number of aryl methyl sites for hydroxylation is 2. The van der Waals surface area contributed by atoms with E-state index in [0.717, 1.165) is 41.1 Å². The lowest BCUT2D eigenvalue weighted by atomic mass is 9.94. The topological polar surface area (TPSA) is 53.7 Å². The predicted molar refractivity (Wildman–Crippen MR) is 105 cm³/mol. The summed E-state index contributed by atoms with van der Waals surface area (Å²) in [6.07, 6.45) is 3.17. The van der Waals surface area contributed by atoms with Gasteiger partial charge in [0, 0.05) is 6.42 Å². The highest BCUT2D eigenvalue weighted by Crippen LogP contribution is 2.41. The fourth-order valence-corrected chi connectivity index (χ4v) is 4.91. The van der Waals surface area contributed by atoms with Crippen LogP contribution < -0.4 is 0 Å². The molecule has 4 rings (SSSR count). The number of rotatable bonds is 4. The van der Waals surface area contributed by atoms with E-state index in [1.807, 2.05) is 6.92 Å². The summed E-state index contributed by atoms with van der Waals surface area (Å²) in [7, 11) is 0. The van der Waals surface area contributed by atoms with Crippen LogP contribution in [0.15, 0.2) is 24.3 Å². The highest BCUT2D eigenvalue weighted by Gasteiger charge is 2.31. The largest absolute Gasteiger partial charge is 0.492 e. The van der Waals surface area contributed by atoms with E-state index in [1.165, 1.54) is 24.0 Å². The van der Waals surface area contributed by atoms with Crippen LogP contribution in [0.5, 0.6) is 5.88 Å². The van der Waals surface area contributed by atoms with Crippen molar-refractivity contribution in [2.24, 2.45) is 5.92 Å². The fourth-order valence-electron chi connectivity index (χ4n) is 3.77. The van der Waals surface area contributed by atoms with Crippen LogP contribution in [-0.4, -0.2) is 37.7 Å². The van der Waals surface area contributed by atoms with Gasteiger partial charge < -0.3 is 5.11 Å². The quantitative estimate of drug-likeness (QED) is 0.748. The Labute approximate surface area is 158 Å². The lowest BCUT2D eigenvalue weighted by Crippen LogP contribution is -2.36. The molecule has 0 aliphatic carbocycles. The molecule has 6 heteroatoms. The van der Waals surface area contributed by atoms with E-state index < -0.39 is 0 Å². The van der Waals surface area contributed by atoms with Gasteiger partial charge in [-0.2, -0.15) is 4.52 Å². The maximum Gasteiger partial charge on any atom is 0.230 e. The highest BCUT2D eigenvalue weighted by molar-refractivity contribution is 7.17. The van der Waals surface area contributed by atoms with Crippen molar-refractivity contribution < 1.29 is 5.11 Å². The average Bonchev–Trinajstić information content (AvgIpc) is 3.17. The Morgan fingerprint density at radius 1 is 1.31 bits per heavy atom. The molecule has 3 heterocycles. The lowest BCUT2D eigenvalue weighted by molar-refractivity contribution is 0.157. The normalized spacial score (nSPS) is 17.8. The van der Waals surface area contributed by atoms with Crippen LogP contribution in [0.2, 0.25) is 0 Å². The summed E-state index contributed by atoms with van der Waals surface area (Å²) in [5.74, 6) is 1.78. The zero-order valence-electron chi connectivity index (χ0n) is 15.6. The summed E-state index contributed by atoms with van der Waals surface area (Å²) in [6.45, 7) is 8.57. The van der Waals surface area contributed by atoms with Crippen molar-refractivity contribution in [3.63, 3.8) is 0 Å². The standard InChI is InChI=1S/C20H26N4OS/c1-4-16-21-20-24(22-16)19(25)18(26-20)17(15-7-5-6-14(3)12-15)23-10-8-13(2)9-11-23/h5-7,12-13,17,25H,4,8-11H2,1-3H3/t17-/m1/s1. The van der Waals surface area contributed by atoms with Gasteiger partial charge in [-0.15, -0.1) is 5.10 Å². The molecular weight excluding hydrogens is 344 g/mol. The second-order valence-corrected chi connectivity index (χ2v) is 8.41. The molecule has 0 spiro atoms. The maximum absolute atomic E-state index is 10.9. The number of hydrogen-bond acceptors (Lipinski definition) is 5. The van der Waals surface area contributed by atoms with Crippen molar-refractivity contribution in [2.45, 2.75) is 46.1 Å². The van der Waals surface area contributed by atoms with E-state index in [0.29, 0.717) is 0 Å². The molecule has 5 nitrogen and oxygen atoms in total. The number of aromatic nitrogens is 3. The van der Waals surface area contributed by atoms with Gasteiger partial charge in [0.25, 0.3) is 0 Å². The number of fused-ring (bicyclic) bond motifs is 1. The van der Waals surface area contributed by atoms with E-state index in [9.17, 15) is 5.11 Å². The van der Waals surface area contributed by atoms with Gasteiger partial charge in [-0.3, -0.25) is 4.90 Å². The molecule has 0 radical (unpaired) electrons. The van der Waals surface area contributed by atoms with Crippen molar-refractivity contribution in [3.8, 4) is 5.88 Å². The second-order valence-electron chi connectivity index (χ2n) is 7.40. The van der Waals surface area contributed by atoms with E-state index in [1.54, 1.807) is 15.9 Å². The third-order valence-electron chi connectivity index (χ3n) is 5.35. The van der Waals surface area contributed by atoms with Gasteiger partial charge in [0.15, 0.2) is 5.82 Å². The Balaban J connectivity index is 1.79. The van der Waals surface area contributed by atoms with Crippen LogP contribution in [0.1, 0.15) is 54.6 Å². The minimum Gasteiger partial charge on any atom is -0.492 e. The molecule has 0 bridgehead atoms. The first-order valence-corrected chi connectivity index (χ1v) is 10.3. The Morgan fingerprint density at radius 2 is 2.08 bits per heavy atom. The molecule has 1 N–H and O–H groups in total. The van der Waals surface area contributed by atoms with Gasteiger partial charge in [-0.05, 0) is 44.3 Å². The molecule has 138 valence electrons. The lowest BCUT2D eigenvalue weighted by Gasteiger charge is -2.36. The summed E-state index contributed by atoms with van der Waals surface area (Å²) in [4.78, 5) is 8.78. The van der Waals surface area contributed by atoms with Crippen molar-refractivity contribution in [2.75, 3.05) is 13.1 Å². The summed E-state index contributed by atoms with van der Waals surface area (Å²) >= 11 is 1.56. The van der Waals surface area contributed by atoms with Crippen molar-refractivity contribution in [3.05, 3.63) is 46.1 Å². The van der Waals surface area contributed by atoms with Crippen LogP contribution in [0.25, 0.3) is 4.96 Å². The van der Waals surface area contributed by atoms with Gasteiger partial charge in [0.1, 0.15) is 0 Å². The highest BCUT2D eigenvalue weighted by atomic mass is 32.1. The SMILES string of the molecule is CCc1nc2sc([C@@H](c3cccc(C)c3)N3CCC(C)CC3)c(O)n2n1. The van der Waals surface area contributed by atoms with Crippen LogP contribution >= 0.6 is 11.3 Å². The molecule has 1 atom stereocenters. The van der Waals surface area contributed by atoms with Gasteiger partial charge in [0.05, 0.1) is 10.9 Å². The number of piperidine rings is 1. The van der Waals surface area contributed by atoms with E-state index in [4.69, 9.17) is 0 Å². The number of benzene rings is 1. The van der Waals surface area contributed by atoms with Crippen molar-refractivity contribution >= 4 is 16.3 Å². The third-order valence-corrected chi connectivity index (χ3v) is 6.42. The van der Waals surface area contributed by atoms with Gasteiger partial charge in [-0.25, -0.2) is 4.98 Å². The summed E-state index contributed by atoms with van der Waals surface area (Å²) < 4.78 is 1.61. The smallest absolute Gasteiger partial charge is 0.230 e. The Kier molecular flexibility index (Phi) is 4.71. The molecule has 2 aromatic heterocycles. The van der Waals surface area contributed by atoms with Crippen LogP contribution in [-0.2, 0) is 6.42 Å². The van der Waals surface area contributed by atoms with Gasteiger partial charge >= 0.3 is 0 Å². The average molecular weight is 371 g/mol. The molecule has 1 fully saturated rings. The molecule has 0 amide bonds. The summed E-state index contributed by atoms with van der Waals surface area (Å²) in [5.41, 5.74) is 2.47. The minimum absolute atomic E-state index is 0.0565. The Morgan fingerprint density at radius 3 is 2.73 bits per heavy atom. The molecular formula is C20H26N4OS. The maximum atomic E-state index is 10.9. The zero-order chi connectivity index (χ0) is 18.3.